The maximum absolute atomic E-state index is 13.1. The first-order valence-electron chi connectivity index (χ1n) is 10.7. The third-order valence-electron chi connectivity index (χ3n) is 6.03. The van der Waals surface area contributed by atoms with Gasteiger partial charge in [0.15, 0.2) is 5.96 Å². The van der Waals surface area contributed by atoms with Gasteiger partial charge in [-0.05, 0) is 50.5 Å². The highest BCUT2D eigenvalue weighted by atomic mass is 35.5. The van der Waals surface area contributed by atoms with E-state index in [9.17, 15) is 14.0 Å². The number of hydrogen-bond donors (Lipinski definition) is 3. The van der Waals surface area contributed by atoms with E-state index in [0.29, 0.717) is 30.7 Å². The van der Waals surface area contributed by atoms with Crippen LogP contribution in [0, 0.1) is 11.2 Å². The van der Waals surface area contributed by atoms with Crippen LogP contribution in [0.15, 0.2) is 36.5 Å². The van der Waals surface area contributed by atoms with E-state index < -0.39 is 17.3 Å². The van der Waals surface area contributed by atoms with E-state index in [-0.39, 0.29) is 53.6 Å². The number of pyridine rings is 1. The minimum atomic E-state index is -0.937. The first-order valence-corrected chi connectivity index (χ1v) is 11.1. The molecular formula is C23H26Cl2FN5O3. The Morgan fingerprint density at radius 2 is 2.15 bits per heavy atom. The number of anilines is 1. The summed E-state index contributed by atoms with van der Waals surface area (Å²) in [6.45, 7) is 4.32. The zero-order valence-electron chi connectivity index (χ0n) is 18.7. The smallest absolute Gasteiger partial charge is 0.274 e. The van der Waals surface area contributed by atoms with Crippen LogP contribution in [-0.2, 0) is 15.1 Å². The third-order valence-corrected chi connectivity index (χ3v) is 6.44. The Labute approximate surface area is 208 Å². The van der Waals surface area contributed by atoms with Gasteiger partial charge in [-0.2, -0.15) is 0 Å². The molecule has 2 fully saturated rings. The topological polar surface area (TPSA) is 107 Å². The fraction of sp³-hybridized carbons (Fsp3) is 0.391. The summed E-state index contributed by atoms with van der Waals surface area (Å²) in [5.74, 6) is -1.23. The molecule has 0 aliphatic carbocycles. The predicted molar refractivity (Wildman–Crippen MR) is 129 cm³/mol. The number of carbonyl (C=O) groups excluding carboxylic acids is 2. The van der Waals surface area contributed by atoms with Gasteiger partial charge < -0.3 is 15.4 Å². The van der Waals surface area contributed by atoms with Crippen molar-refractivity contribution >= 4 is 47.5 Å². The zero-order chi connectivity index (χ0) is 23.8. The second-order valence-electron chi connectivity index (χ2n) is 8.59. The predicted octanol–water partition coefficient (Wildman–Crippen LogP) is 4.09. The summed E-state index contributed by atoms with van der Waals surface area (Å²) in [5.41, 5.74) is 0.00573. The van der Waals surface area contributed by atoms with Crippen LogP contribution in [0.1, 0.15) is 49.2 Å². The average molecular weight is 510 g/mol. The summed E-state index contributed by atoms with van der Waals surface area (Å²) < 4.78 is 18.7. The lowest BCUT2D eigenvalue weighted by atomic mass is 9.85. The Kier molecular flexibility index (Phi) is 7.80. The van der Waals surface area contributed by atoms with Crippen LogP contribution in [0.2, 0.25) is 5.02 Å². The largest absolute Gasteiger partial charge is 0.378 e. The number of guanidine groups is 1. The monoisotopic (exact) mass is 509 g/mol. The Bertz CT molecular complexity index is 1080. The maximum atomic E-state index is 13.1. The van der Waals surface area contributed by atoms with Gasteiger partial charge in [-0.1, -0.05) is 23.7 Å². The van der Waals surface area contributed by atoms with Crippen LogP contribution >= 0.6 is 24.0 Å². The number of rotatable bonds is 4. The number of carbonyl (C=O) groups is 2. The lowest BCUT2D eigenvalue weighted by Gasteiger charge is -2.45. The third kappa shape index (κ3) is 5.16. The molecule has 182 valence electrons. The molecule has 1 aromatic carbocycles. The summed E-state index contributed by atoms with van der Waals surface area (Å²) in [7, 11) is 0. The number of nitrogens with one attached hydrogen (secondary N) is 3. The van der Waals surface area contributed by atoms with E-state index in [1.54, 1.807) is 25.1 Å². The van der Waals surface area contributed by atoms with Gasteiger partial charge in [0.05, 0.1) is 35.0 Å². The number of aromatic nitrogens is 1. The molecule has 11 heteroatoms. The lowest BCUT2D eigenvalue weighted by molar-refractivity contribution is -0.134. The van der Waals surface area contributed by atoms with Crippen LogP contribution in [-0.4, -0.2) is 46.4 Å². The Hall–Kier alpha value is -2.75. The molecule has 0 bridgehead atoms. The van der Waals surface area contributed by atoms with Crippen LogP contribution in [0.25, 0.3) is 0 Å². The molecule has 3 N–H and O–H groups in total. The number of amides is 2. The molecule has 2 aliphatic heterocycles. The molecule has 4 rings (SSSR count). The molecule has 2 saturated heterocycles. The summed E-state index contributed by atoms with van der Waals surface area (Å²) >= 11 is 6.64. The molecule has 3 atom stereocenters. The van der Waals surface area contributed by atoms with Crippen molar-refractivity contribution in [2.24, 2.45) is 0 Å². The standard InChI is InChI=1S/C23H25ClFN5O3.ClH/c1-13-10-15(8-9-33-13)30-19(31)11-23(2,29-22(30)26)16-4-3-5-17(20(16)24)28-21(32)18-7-6-14(25)12-27-18;/h3-7,12-13,15H,8-11H2,1-2H3,(H2,26,29)(H,28,32);1H/t13-,15-,23+;/m1./s1. The van der Waals surface area contributed by atoms with E-state index in [1.807, 2.05) is 6.92 Å². The highest BCUT2D eigenvalue weighted by Gasteiger charge is 2.43. The van der Waals surface area contributed by atoms with E-state index in [4.69, 9.17) is 21.7 Å². The van der Waals surface area contributed by atoms with Crippen LogP contribution in [0.5, 0.6) is 0 Å². The first-order chi connectivity index (χ1) is 15.7. The fourth-order valence-electron chi connectivity index (χ4n) is 4.39. The van der Waals surface area contributed by atoms with E-state index in [1.165, 1.54) is 11.0 Å². The average Bonchev–Trinajstić information content (AvgIpc) is 2.75. The fourth-order valence-corrected chi connectivity index (χ4v) is 4.77. The molecule has 1 aromatic heterocycles. The van der Waals surface area contributed by atoms with Crippen molar-refractivity contribution in [3.63, 3.8) is 0 Å². The molecule has 2 amide bonds. The van der Waals surface area contributed by atoms with Crippen molar-refractivity contribution in [3.8, 4) is 0 Å². The highest BCUT2D eigenvalue weighted by molar-refractivity contribution is 6.35. The van der Waals surface area contributed by atoms with Crippen molar-refractivity contribution in [1.29, 1.82) is 5.41 Å². The molecule has 2 aliphatic rings. The molecule has 34 heavy (non-hydrogen) atoms. The van der Waals surface area contributed by atoms with E-state index >= 15 is 0 Å². The molecule has 3 heterocycles. The van der Waals surface area contributed by atoms with Gasteiger partial charge in [0.1, 0.15) is 11.5 Å². The zero-order valence-corrected chi connectivity index (χ0v) is 20.3. The number of hydrogen-bond acceptors (Lipinski definition) is 5. The van der Waals surface area contributed by atoms with Crippen LogP contribution in [0.4, 0.5) is 10.1 Å². The number of nitrogens with zero attached hydrogens (tertiary/aromatic N) is 2. The normalized spacial score (nSPS) is 24.8. The Morgan fingerprint density at radius 1 is 1.38 bits per heavy atom. The molecule has 8 nitrogen and oxygen atoms in total. The van der Waals surface area contributed by atoms with E-state index in [2.05, 4.69) is 15.6 Å². The van der Waals surface area contributed by atoms with Crippen molar-refractivity contribution in [1.82, 2.24) is 15.2 Å². The van der Waals surface area contributed by atoms with Crippen LogP contribution < -0.4 is 10.6 Å². The van der Waals surface area contributed by atoms with Crippen molar-refractivity contribution in [2.75, 3.05) is 11.9 Å². The molecule has 0 unspecified atom stereocenters. The first kappa shape index (κ1) is 25.9. The number of halogens is 3. The van der Waals surface area contributed by atoms with Crippen molar-refractivity contribution in [2.45, 2.75) is 50.8 Å². The number of benzene rings is 1. The molecule has 2 aromatic rings. The van der Waals surface area contributed by atoms with Gasteiger partial charge in [-0.3, -0.25) is 19.9 Å². The van der Waals surface area contributed by atoms with Crippen LogP contribution in [0.3, 0.4) is 0 Å². The summed E-state index contributed by atoms with van der Waals surface area (Å²) in [6, 6.07) is 7.43. The van der Waals surface area contributed by atoms with Gasteiger partial charge in [0.2, 0.25) is 5.91 Å². The minimum absolute atomic E-state index is 0. The van der Waals surface area contributed by atoms with Gasteiger partial charge in [0, 0.05) is 12.6 Å². The van der Waals surface area contributed by atoms with E-state index in [0.717, 1.165) is 12.3 Å². The summed E-state index contributed by atoms with van der Waals surface area (Å²) in [4.78, 5) is 30.9. The lowest BCUT2D eigenvalue weighted by Crippen LogP contribution is -2.63. The Balaban J connectivity index is 0.00000324. The quantitative estimate of drug-likeness (QED) is 0.575. The Morgan fingerprint density at radius 3 is 2.79 bits per heavy atom. The maximum Gasteiger partial charge on any atom is 0.274 e. The summed E-state index contributed by atoms with van der Waals surface area (Å²) in [6.07, 6.45) is 2.44. The SMILES string of the molecule is C[C@@H]1C[C@H](N2C(=N)N[C@](C)(c3cccc(NC(=O)c4ccc(F)cn4)c3Cl)CC2=O)CCO1.Cl. The van der Waals surface area contributed by atoms with Crippen molar-refractivity contribution < 1.29 is 18.7 Å². The van der Waals surface area contributed by atoms with Crippen molar-refractivity contribution in [3.05, 3.63) is 58.6 Å². The molecular weight excluding hydrogens is 484 g/mol. The second-order valence-corrected chi connectivity index (χ2v) is 8.97. The molecule has 0 spiro atoms. The van der Waals surface area contributed by atoms with Gasteiger partial charge >= 0.3 is 0 Å². The van der Waals surface area contributed by atoms with Gasteiger partial charge in [0.25, 0.3) is 5.91 Å². The summed E-state index contributed by atoms with van der Waals surface area (Å²) in [5, 5.41) is 14.6. The minimum Gasteiger partial charge on any atom is -0.378 e. The van der Waals surface area contributed by atoms with Gasteiger partial charge in [-0.15, -0.1) is 12.4 Å². The van der Waals surface area contributed by atoms with Gasteiger partial charge in [-0.25, -0.2) is 9.37 Å². The highest BCUT2D eigenvalue weighted by Crippen LogP contribution is 2.38. The molecule has 0 radical (unpaired) electrons. The molecule has 0 saturated carbocycles. The number of ether oxygens (including phenoxy) is 1. The second kappa shape index (κ2) is 10.2.